The maximum Gasteiger partial charge on any atom is 0.671 e. The van der Waals surface area contributed by atoms with Crippen molar-refractivity contribution in [3.8, 4) is 0 Å². The van der Waals surface area contributed by atoms with Crippen LogP contribution in [0.25, 0.3) is 0 Å². The Morgan fingerprint density at radius 3 is 2.33 bits per heavy atom. The Balaban J connectivity index is 3.15. The average Bonchev–Trinajstić information content (AvgIpc) is 1.63. The summed E-state index contributed by atoms with van der Waals surface area (Å²) in [6.07, 6.45) is 0.318. The van der Waals surface area contributed by atoms with E-state index >= 15 is 0 Å². The molecule has 0 atom stereocenters. The molecule has 0 saturated heterocycles. The second-order valence-electron chi connectivity index (χ2n) is 2.21. The number of hydrogen-bond acceptors (Lipinski definition) is 2. The fraction of sp³-hybridized carbons (Fsp3) is 1.00. The predicted octanol–water partition coefficient (Wildman–Crippen LogP) is 1.57. The molecule has 0 aromatic rings. The van der Waals surface area contributed by atoms with Crippen LogP contribution in [-0.2, 0) is 7.58 Å². The van der Waals surface area contributed by atoms with E-state index in [1.807, 2.05) is 26.6 Å². The first kappa shape index (κ1) is 9.45. The van der Waals surface area contributed by atoms with E-state index in [4.69, 9.17) is 7.58 Å². The van der Waals surface area contributed by atoms with Gasteiger partial charge in [-0.05, 0) is 20.8 Å². The van der Waals surface area contributed by atoms with Crippen molar-refractivity contribution in [3.63, 3.8) is 0 Å². The Morgan fingerprint density at radius 1 is 1.44 bits per heavy atom. The van der Waals surface area contributed by atoms with E-state index in [1.165, 1.54) is 0 Å². The van der Waals surface area contributed by atoms with Crippen LogP contribution in [0.4, 0.5) is 0 Å². The van der Waals surface area contributed by atoms with Crippen LogP contribution in [-0.4, -0.2) is 27.5 Å². The SMILES string of the molecule is CC[O][Al]([CH3])[O]C(C)C. The first-order chi connectivity index (χ1) is 4.16. The summed E-state index contributed by atoms with van der Waals surface area (Å²) in [6, 6.07) is 0. The van der Waals surface area contributed by atoms with E-state index in [-0.39, 0.29) is 0 Å². The highest BCUT2D eigenvalue weighted by atomic mass is 27.2. The van der Waals surface area contributed by atoms with Crippen LogP contribution < -0.4 is 0 Å². The lowest BCUT2D eigenvalue weighted by Gasteiger charge is -2.10. The molecule has 0 saturated carbocycles. The van der Waals surface area contributed by atoms with Crippen molar-refractivity contribution < 1.29 is 7.58 Å². The summed E-state index contributed by atoms with van der Waals surface area (Å²) in [5.41, 5.74) is 0. The van der Waals surface area contributed by atoms with Gasteiger partial charge in [-0.15, -0.1) is 0 Å². The van der Waals surface area contributed by atoms with Crippen molar-refractivity contribution in [2.45, 2.75) is 32.7 Å². The molecule has 0 aromatic heterocycles. The van der Waals surface area contributed by atoms with E-state index in [2.05, 4.69) is 0 Å². The van der Waals surface area contributed by atoms with Crippen LogP contribution in [0.2, 0.25) is 5.79 Å². The highest BCUT2D eigenvalue weighted by Crippen LogP contribution is 1.93. The molecular weight excluding hydrogens is 131 g/mol. The number of rotatable bonds is 4. The van der Waals surface area contributed by atoms with Crippen LogP contribution in [0.5, 0.6) is 0 Å². The Kier molecular flexibility index (Phi) is 5.52. The molecule has 0 heterocycles. The molecule has 0 N–H and O–H groups in total. The van der Waals surface area contributed by atoms with Crippen LogP contribution in [0, 0.1) is 0 Å². The Hall–Kier alpha value is 0.452. The highest BCUT2D eigenvalue weighted by molar-refractivity contribution is 6.42. The summed E-state index contributed by atoms with van der Waals surface area (Å²) in [5.74, 6) is 2.05. The molecule has 0 aliphatic rings. The third kappa shape index (κ3) is 6.34. The van der Waals surface area contributed by atoms with Crippen molar-refractivity contribution in [1.29, 1.82) is 0 Å². The van der Waals surface area contributed by atoms with Gasteiger partial charge in [0.05, 0.1) is 0 Å². The molecule has 54 valence electrons. The van der Waals surface area contributed by atoms with E-state index in [0.717, 1.165) is 6.61 Å². The van der Waals surface area contributed by atoms with Gasteiger partial charge < -0.3 is 7.58 Å². The summed E-state index contributed by atoms with van der Waals surface area (Å²) in [5, 5.41) is 0. The fourth-order valence-corrected chi connectivity index (χ4v) is 1.97. The third-order valence-electron chi connectivity index (χ3n) is 0.865. The smallest absolute Gasteiger partial charge is 0.479 e. The van der Waals surface area contributed by atoms with Gasteiger partial charge in [-0.2, -0.15) is 0 Å². The minimum Gasteiger partial charge on any atom is -0.479 e. The first-order valence-electron chi connectivity index (χ1n) is 3.43. The quantitative estimate of drug-likeness (QED) is 0.560. The predicted molar refractivity (Wildman–Crippen MR) is 39.5 cm³/mol. The van der Waals surface area contributed by atoms with Gasteiger partial charge in [0.25, 0.3) is 0 Å². The maximum absolute atomic E-state index is 5.41. The first-order valence-corrected chi connectivity index (χ1v) is 5.53. The molecule has 0 spiro atoms. The van der Waals surface area contributed by atoms with Gasteiger partial charge in [0, 0.05) is 12.7 Å². The lowest BCUT2D eigenvalue weighted by atomic mass is 10.5. The zero-order valence-corrected chi connectivity index (χ0v) is 7.83. The van der Waals surface area contributed by atoms with Crippen molar-refractivity contribution >= 4 is 14.8 Å². The van der Waals surface area contributed by atoms with Crippen molar-refractivity contribution in [3.05, 3.63) is 0 Å². The molecule has 0 unspecified atom stereocenters. The Bertz CT molecular complexity index is 66.1. The minimum atomic E-state index is -1.26. The van der Waals surface area contributed by atoms with Crippen LogP contribution in [0.3, 0.4) is 0 Å². The maximum atomic E-state index is 5.41. The molecule has 0 aliphatic carbocycles. The zero-order chi connectivity index (χ0) is 7.28. The molecule has 0 fully saturated rings. The van der Waals surface area contributed by atoms with Crippen LogP contribution >= 0.6 is 0 Å². The van der Waals surface area contributed by atoms with Crippen molar-refractivity contribution in [1.82, 2.24) is 0 Å². The van der Waals surface area contributed by atoms with E-state index in [1.54, 1.807) is 0 Å². The monoisotopic (exact) mass is 146 g/mol. The van der Waals surface area contributed by atoms with E-state index in [9.17, 15) is 0 Å². The summed E-state index contributed by atoms with van der Waals surface area (Å²) in [7, 11) is 0. The molecule has 0 bridgehead atoms. The zero-order valence-electron chi connectivity index (χ0n) is 6.68. The third-order valence-corrected chi connectivity index (χ3v) is 2.60. The highest BCUT2D eigenvalue weighted by Gasteiger charge is 2.16. The fourth-order valence-electron chi connectivity index (χ4n) is 0.657. The van der Waals surface area contributed by atoms with Gasteiger partial charge in [-0.25, -0.2) is 0 Å². The molecule has 0 aliphatic heterocycles. The van der Waals surface area contributed by atoms with Crippen LogP contribution in [0.15, 0.2) is 0 Å². The average molecular weight is 146 g/mol. The van der Waals surface area contributed by atoms with Gasteiger partial charge in [0.1, 0.15) is 0 Å². The summed E-state index contributed by atoms with van der Waals surface area (Å²) < 4.78 is 10.7. The minimum absolute atomic E-state index is 0.318. The van der Waals surface area contributed by atoms with E-state index < -0.39 is 14.8 Å². The molecule has 9 heavy (non-hydrogen) atoms. The molecule has 0 amide bonds. The lowest BCUT2D eigenvalue weighted by molar-refractivity contribution is 0.167. The van der Waals surface area contributed by atoms with Gasteiger partial charge >= 0.3 is 14.8 Å². The van der Waals surface area contributed by atoms with Crippen molar-refractivity contribution in [2.75, 3.05) is 6.61 Å². The summed E-state index contributed by atoms with van der Waals surface area (Å²) in [6.45, 7) is 6.83. The molecule has 0 radical (unpaired) electrons. The summed E-state index contributed by atoms with van der Waals surface area (Å²) in [4.78, 5) is 0. The Morgan fingerprint density at radius 2 is 2.00 bits per heavy atom. The second-order valence-corrected chi connectivity index (χ2v) is 3.95. The van der Waals surface area contributed by atoms with Crippen molar-refractivity contribution in [2.24, 2.45) is 0 Å². The molecular formula is C6H15AlO2. The normalized spacial score (nSPS) is 10.3. The molecule has 2 nitrogen and oxygen atoms in total. The largest absolute Gasteiger partial charge is 0.671 e. The molecule has 0 rings (SSSR count). The Labute approximate surface area is 62.2 Å². The van der Waals surface area contributed by atoms with Gasteiger partial charge in [0.2, 0.25) is 0 Å². The lowest BCUT2D eigenvalue weighted by Crippen LogP contribution is -2.22. The van der Waals surface area contributed by atoms with Gasteiger partial charge in [-0.3, -0.25) is 0 Å². The second kappa shape index (κ2) is 5.25. The molecule has 3 heteroatoms. The molecule has 0 aromatic carbocycles. The number of hydrogen-bond donors (Lipinski definition) is 0. The van der Waals surface area contributed by atoms with Gasteiger partial charge in [-0.1, -0.05) is 5.79 Å². The van der Waals surface area contributed by atoms with Gasteiger partial charge in [0.15, 0.2) is 0 Å². The van der Waals surface area contributed by atoms with Crippen LogP contribution in [0.1, 0.15) is 20.8 Å². The summed E-state index contributed by atoms with van der Waals surface area (Å²) >= 11 is -1.26. The van der Waals surface area contributed by atoms with E-state index in [0.29, 0.717) is 6.10 Å². The topological polar surface area (TPSA) is 18.5 Å². The standard InChI is InChI=1S/C3H7O.C2H5O.CH3.Al/c1-3(2)4;1-2-3;;/h3H,1-2H3;2H2,1H3;1H3;/q2*-1;;+2.